The Morgan fingerprint density at radius 2 is 2.10 bits per heavy atom. The number of aromatic nitrogens is 2. The number of hydrogen-bond donors (Lipinski definition) is 2. The number of carbonyl (C=O) groups excluding carboxylic acids is 1. The lowest BCUT2D eigenvalue weighted by atomic mass is 10.1. The molecule has 4 rings (SSSR count). The van der Waals surface area contributed by atoms with Gasteiger partial charge in [0.25, 0.3) is 5.91 Å². The van der Waals surface area contributed by atoms with Crippen molar-refractivity contribution in [2.24, 2.45) is 5.92 Å². The number of halogens is 1. The summed E-state index contributed by atoms with van der Waals surface area (Å²) in [5.74, 6) is -0.0760. The fourth-order valence-corrected chi connectivity index (χ4v) is 3.54. The summed E-state index contributed by atoms with van der Waals surface area (Å²) in [5.41, 5.74) is 1.01. The number of rotatable bonds is 7. The van der Waals surface area contributed by atoms with Gasteiger partial charge in [0.05, 0.1) is 6.20 Å². The van der Waals surface area contributed by atoms with E-state index in [2.05, 4.69) is 20.6 Å². The molecule has 8 heteroatoms. The zero-order valence-electron chi connectivity index (χ0n) is 16.5. The monoisotopic (exact) mass is 406 g/mol. The highest BCUT2D eigenvalue weighted by Gasteiger charge is 2.32. The second-order valence-corrected chi connectivity index (χ2v) is 7.59. The lowest BCUT2D eigenvalue weighted by Crippen LogP contribution is -2.40. The number of nitriles is 1. The van der Waals surface area contributed by atoms with Crippen LogP contribution in [0.4, 0.5) is 21.8 Å². The molecule has 1 aromatic carbocycles. The first-order chi connectivity index (χ1) is 14.6. The molecule has 0 spiro atoms. The van der Waals surface area contributed by atoms with Crippen molar-refractivity contribution in [1.82, 2.24) is 14.9 Å². The second kappa shape index (κ2) is 8.91. The Kier molecular flexibility index (Phi) is 5.89. The van der Waals surface area contributed by atoms with Crippen molar-refractivity contribution in [1.29, 1.82) is 5.26 Å². The second-order valence-electron chi connectivity index (χ2n) is 7.59. The van der Waals surface area contributed by atoms with Gasteiger partial charge in [0, 0.05) is 24.8 Å². The predicted octanol–water partition coefficient (Wildman–Crippen LogP) is 3.62. The summed E-state index contributed by atoms with van der Waals surface area (Å²) in [7, 11) is 0. The van der Waals surface area contributed by atoms with E-state index >= 15 is 0 Å². The minimum absolute atomic E-state index is 0.0803. The normalized spacial score (nSPS) is 18.7. The molecule has 1 aliphatic carbocycles. The maximum absolute atomic E-state index is 14.2. The van der Waals surface area contributed by atoms with Gasteiger partial charge < -0.3 is 15.5 Å². The Hall–Kier alpha value is -3.47. The van der Waals surface area contributed by atoms with Gasteiger partial charge in [-0.25, -0.2) is 9.37 Å². The molecule has 2 aliphatic rings. The molecule has 30 heavy (non-hydrogen) atoms. The molecule has 1 saturated heterocycles. The molecular formula is C22H23FN6O. The van der Waals surface area contributed by atoms with E-state index in [1.54, 1.807) is 11.0 Å². The molecule has 1 amide bonds. The molecule has 2 aromatic rings. The van der Waals surface area contributed by atoms with Gasteiger partial charge in [-0.15, -0.1) is 0 Å². The quantitative estimate of drug-likeness (QED) is 0.539. The number of para-hydroxylation sites is 1. The molecule has 2 fully saturated rings. The van der Waals surface area contributed by atoms with Crippen LogP contribution >= 0.6 is 0 Å². The van der Waals surface area contributed by atoms with E-state index in [1.807, 2.05) is 36.4 Å². The highest BCUT2D eigenvalue weighted by molar-refractivity contribution is 5.97. The average molecular weight is 406 g/mol. The van der Waals surface area contributed by atoms with Crippen LogP contribution in [0.5, 0.6) is 0 Å². The van der Waals surface area contributed by atoms with Gasteiger partial charge in [-0.1, -0.05) is 24.3 Å². The van der Waals surface area contributed by atoms with Gasteiger partial charge in [-0.3, -0.25) is 4.79 Å². The molecule has 154 valence electrons. The van der Waals surface area contributed by atoms with Crippen molar-refractivity contribution in [3.8, 4) is 6.07 Å². The van der Waals surface area contributed by atoms with Gasteiger partial charge in [-0.2, -0.15) is 10.2 Å². The third-order valence-corrected chi connectivity index (χ3v) is 5.29. The number of hydrogen-bond acceptors (Lipinski definition) is 6. The first-order valence-electron chi connectivity index (χ1n) is 10.2. The largest absolute Gasteiger partial charge is 0.365 e. The van der Waals surface area contributed by atoms with E-state index in [-0.39, 0.29) is 29.3 Å². The summed E-state index contributed by atoms with van der Waals surface area (Å²) in [6.07, 6.45) is 6.63. The Bertz CT molecular complexity index is 983. The zero-order valence-corrected chi connectivity index (χ0v) is 16.5. The summed E-state index contributed by atoms with van der Waals surface area (Å²) < 4.78 is 14.2. The molecule has 1 saturated carbocycles. The lowest BCUT2D eigenvalue weighted by molar-refractivity contribution is -0.127. The first kappa shape index (κ1) is 19.8. The van der Waals surface area contributed by atoms with E-state index in [1.165, 1.54) is 0 Å². The smallest absolute Gasteiger partial charge is 0.264 e. The van der Waals surface area contributed by atoms with Gasteiger partial charge in [0.1, 0.15) is 11.6 Å². The fraction of sp³-hybridized carbons (Fsp3) is 0.364. The molecule has 0 bridgehead atoms. The van der Waals surface area contributed by atoms with Crippen LogP contribution in [-0.2, 0) is 4.79 Å². The van der Waals surface area contributed by atoms with Crippen molar-refractivity contribution in [2.45, 2.75) is 31.7 Å². The maximum Gasteiger partial charge on any atom is 0.264 e. The summed E-state index contributed by atoms with van der Waals surface area (Å²) in [4.78, 5) is 22.7. The minimum atomic E-state index is -0.559. The van der Waals surface area contributed by atoms with Crippen molar-refractivity contribution < 1.29 is 9.18 Å². The van der Waals surface area contributed by atoms with E-state index in [4.69, 9.17) is 0 Å². The van der Waals surface area contributed by atoms with E-state index in [9.17, 15) is 14.4 Å². The number of carbonyl (C=O) groups is 1. The van der Waals surface area contributed by atoms with Gasteiger partial charge in [0.2, 0.25) is 5.95 Å². The van der Waals surface area contributed by atoms with E-state index in [0.29, 0.717) is 19.0 Å². The Morgan fingerprint density at radius 3 is 2.83 bits per heavy atom. The van der Waals surface area contributed by atoms with Crippen LogP contribution in [-0.4, -0.2) is 39.9 Å². The van der Waals surface area contributed by atoms with Crippen LogP contribution in [0.2, 0.25) is 0 Å². The van der Waals surface area contributed by atoms with Crippen molar-refractivity contribution in [3.05, 3.63) is 54.0 Å². The fourth-order valence-electron chi connectivity index (χ4n) is 3.54. The first-order valence-corrected chi connectivity index (χ1v) is 10.2. The zero-order chi connectivity index (χ0) is 20.9. The molecule has 2 N–H and O–H groups in total. The standard InChI is InChI=1S/C22H23FN6O/c23-19-14-26-22(27-17-5-2-1-3-6-17)28-20(19)25-13-18-7-4-10-29(18)21(30)16(12-24)11-15-8-9-15/h1-3,5-6,11,14-15,18H,4,7-10,13H2,(H2,25,26,27,28). The third-order valence-electron chi connectivity index (χ3n) is 5.29. The van der Waals surface area contributed by atoms with Crippen LogP contribution in [0.25, 0.3) is 0 Å². The number of benzene rings is 1. The minimum Gasteiger partial charge on any atom is -0.365 e. The highest BCUT2D eigenvalue weighted by atomic mass is 19.1. The molecule has 1 aliphatic heterocycles. The number of amides is 1. The number of nitrogens with zero attached hydrogens (tertiary/aromatic N) is 4. The summed E-state index contributed by atoms with van der Waals surface area (Å²) in [6.45, 7) is 0.953. The summed E-state index contributed by atoms with van der Waals surface area (Å²) in [5, 5.41) is 15.4. The molecule has 0 radical (unpaired) electrons. The number of allylic oxidation sites excluding steroid dienone is 1. The van der Waals surface area contributed by atoms with Crippen LogP contribution in [0.15, 0.2) is 48.2 Å². The van der Waals surface area contributed by atoms with Crippen molar-refractivity contribution in [3.63, 3.8) is 0 Å². The van der Waals surface area contributed by atoms with Crippen molar-refractivity contribution >= 4 is 23.4 Å². The Morgan fingerprint density at radius 1 is 1.30 bits per heavy atom. The van der Waals surface area contributed by atoms with E-state index < -0.39 is 5.82 Å². The molecule has 2 heterocycles. The Labute approximate surface area is 174 Å². The van der Waals surface area contributed by atoms with Crippen LogP contribution in [0, 0.1) is 23.1 Å². The van der Waals surface area contributed by atoms with Gasteiger partial charge in [-0.05, 0) is 43.7 Å². The topological polar surface area (TPSA) is 93.9 Å². The molecular weight excluding hydrogens is 383 g/mol. The third kappa shape index (κ3) is 4.74. The number of nitrogens with one attached hydrogen (secondary N) is 2. The van der Waals surface area contributed by atoms with Crippen LogP contribution in [0.3, 0.4) is 0 Å². The van der Waals surface area contributed by atoms with Crippen LogP contribution in [0.1, 0.15) is 25.7 Å². The van der Waals surface area contributed by atoms with Gasteiger partial charge >= 0.3 is 0 Å². The van der Waals surface area contributed by atoms with E-state index in [0.717, 1.165) is 37.6 Å². The average Bonchev–Trinajstić information content (AvgIpc) is 3.47. The molecule has 1 aromatic heterocycles. The van der Waals surface area contributed by atoms with Crippen LogP contribution < -0.4 is 10.6 Å². The molecule has 1 unspecified atom stereocenters. The summed E-state index contributed by atoms with van der Waals surface area (Å²) >= 11 is 0. The number of likely N-dealkylation sites (tertiary alicyclic amines) is 1. The molecule has 7 nitrogen and oxygen atoms in total. The Balaban J connectivity index is 1.41. The molecule has 1 atom stereocenters. The lowest BCUT2D eigenvalue weighted by Gasteiger charge is -2.25. The summed E-state index contributed by atoms with van der Waals surface area (Å²) in [6, 6.07) is 11.3. The maximum atomic E-state index is 14.2. The van der Waals surface area contributed by atoms with Crippen molar-refractivity contribution in [2.75, 3.05) is 23.7 Å². The highest BCUT2D eigenvalue weighted by Crippen LogP contribution is 2.32. The number of anilines is 3. The SMILES string of the molecule is N#CC(=CC1CC1)C(=O)N1CCCC1CNc1nc(Nc2ccccc2)ncc1F. The predicted molar refractivity (Wildman–Crippen MR) is 111 cm³/mol. The van der Waals surface area contributed by atoms with Gasteiger partial charge in [0.15, 0.2) is 11.6 Å².